The zero-order valence-corrected chi connectivity index (χ0v) is 18.8. The third-order valence-corrected chi connectivity index (χ3v) is 5.71. The summed E-state index contributed by atoms with van der Waals surface area (Å²) in [5, 5.41) is 3.29. The molecule has 0 bridgehead atoms. The highest BCUT2D eigenvalue weighted by Gasteiger charge is 2.22. The van der Waals surface area contributed by atoms with Gasteiger partial charge in [0.2, 0.25) is 0 Å². The number of allylic oxidation sites excluding steroid dienone is 1. The highest BCUT2D eigenvalue weighted by Crippen LogP contribution is 2.38. The second kappa shape index (κ2) is 7.89. The summed E-state index contributed by atoms with van der Waals surface area (Å²) in [6.45, 7) is 9.44. The summed E-state index contributed by atoms with van der Waals surface area (Å²) >= 11 is 0. The molecule has 3 aromatic heterocycles. The van der Waals surface area contributed by atoms with E-state index in [1.165, 1.54) is 0 Å². The maximum atomic E-state index is 13.5. The summed E-state index contributed by atoms with van der Waals surface area (Å²) in [6, 6.07) is 13.2. The van der Waals surface area contributed by atoms with Crippen molar-refractivity contribution in [2.75, 3.05) is 6.61 Å². The van der Waals surface area contributed by atoms with Crippen LogP contribution in [0.3, 0.4) is 0 Å². The van der Waals surface area contributed by atoms with Crippen molar-refractivity contribution in [3.63, 3.8) is 0 Å². The summed E-state index contributed by atoms with van der Waals surface area (Å²) in [7, 11) is 0. The zero-order chi connectivity index (χ0) is 23.3. The number of hydrogen-bond donors (Lipinski definition) is 0. The van der Waals surface area contributed by atoms with Crippen LogP contribution in [0.4, 0.5) is 0 Å². The summed E-state index contributed by atoms with van der Waals surface area (Å²) < 4.78 is 12.9. The first-order valence-corrected chi connectivity index (χ1v) is 10.9. The maximum Gasteiger partial charge on any atom is 0.344 e. The number of benzene rings is 2. The molecule has 0 spiro atoms. The Kier molecular flexibility index (Phi) is 5.01. The Morgan fingerprint density at radius 3 is 2.58 bits per heavy atom. The van der Waals surface area contributed by atoms with Gasteiger partial charge in [0.25, 0.3) is 5.56 Å². The van der Waals surface area contributed by atoms with E-state index in [0.29, 0.717) is 17.6 Å². The van der Waals surface area contributed by atoms with Crippen LogP contribution < -0.4 is 10.3 Å². The minimum atomic E-state index is -0.427. The zero-order valence-electron chi connectivity index (χ0n) is 18.8. The van der Waals surface area contributed by atoms with Crippen LogP contribution in [0.5, 0.6) is 5.75 Å². The Hall–Kier alpha value is -3.93. The van der Waals surface area contributed by atoms with Crippen LogP contribution in [0.25, 0.3) is 38.1 Å². The van der Waals surface area contributed by atoms with Crippen molar-refractivity contribution in [3.05, 3.63) is 76.7 Å². The van der Waals surface area contributed by atoms with Gasteiger partial charge in [-0.25, -0.2) is 4.79 Å². The van der Waals surface area contributed by atoms with Crippen LogP contribution >= 0.6 is 0 Å². The monoisotopic (exact) mass is 440 g/mol. The molecule has 0 saturated heterocycles. The largest absolute Gasteiger partial charge is 0.482 e. The lowest BCUT2D eigenvalue weighted by molar-refractivity contribution is -0.149. The van der Waals surface area contributed by atoms with Crippen molar-refractivity contribution < 1.29 is 14.3 Å². The topological polar surface area (TPSA) is 69.9 Å². The molecule has 2 aromatic carbocycles. The number of fused-ring (bicyclic) bond motifs is 5. The first-order chi connectivity index (χ1) is 15.9. The predicted octanol–water partition coefficient (Wildman–Crippen LogP) is 5.04. The standard InChI is InChI=1S/C27H24N2O4/c1-15(2)13-20-22(32-14-23(30)33-16(3)4)10-9-21-24(20)19-11-12-28-25-17-7-5-6-8-18(17)27(31)29(21)26(19)25/h5-12,16H,1,13-14H2,2-4H3. The van der Waals surface area contributed by atoms with Gasteiger partial charge in [0.1, 0.15) is 5.75 Å². The number of carbonyl (C=O) groups excluding carboxylic acids is 1. The average Bonchev–Trinajstić information content (AvgIpc) is 3.12. The molecule has 166 valence electrons. The van der Waals surface area contributed by atoms with E-state index in [0.717, 1.165) is 43.8 Å². The highest BCUT2D eigenvalue weighted by atomic mass is 16.6. The molecule has 0 aliphatic carbocycles. The van der Waals surface area contributed by atoms with Gasteiger partial charge in [0.05, 0.1) is 22.7 Å². The van der Waals surface area contributed by atoms with Crippen molar-refractivity contribution in [2.45, 2.75) is 33.3 Å². The predicted molar refractivity (Wildman–Crippen MR) is 130 cm³/mol. The van der Waals surface area contributed by atoms with Crippen LogP contribution in [0.1, 0.15) is 26.3 Å². The van der Waals surface area contributed by atoms with E-state index in [4.69, 9.17) is 9.47 Å². The lowest BCUT2D eigenvalue weighted by atomic mass is 9.99. The number of rotatable bonds is 6. The fourth-order valence-corrected chi connectivity index (χ4v) is 4.56. The van der Waals surface area contributed by atoms with E-state index in [-0.39, 0.29) is 18.3 Å². The number of aromatic nitrogens is 2. The normalized spacial score (nSPS) is 11.8. The number of ether oxygens (including phenoxy) is 2. The molecule has 0 fully saturated rings. The van der Waals surface area contributed by atoms with Gasteiger partial charge in [-0.15, -0.1) is 0 Å². The van der Waals surface area contributed by atoms with E-state index in [1.54, 1.807) is 24.4 Å². The second-order valence-electron chi connectivity index (χ2n) is 8.64. The van der Waals surface area contributed by atoms with E-state index in [2.05, 4.69) is 11.6 Å². The number of nitrogens with zero attached hydrogens (tertiary/aromatic N) is 2. The van der Waals surface area contributed by atoms with Crippen molar-refractivity contribution >= 4 is 44.1 Å². The minimum absolute atomic E-state index is 0.0819. The van der Waals surface area contributed by atoms with Gasteiger partial charge < -0.3 is 9.47 Å². The molecule has 0 saturated carbocycles. The molecular formula is C27H24N2O4. The van der Waals surface area contributed by atoms with Gasteiger partial charge in [-0.05, 0) is 51.5 Å². The average molecular weight is 440 g/mol. The van der Waals surface area contributed by atoms with Crippen LogP contribution in [0.15, 0.2) is 65.6 Å². The van der Waals surface area contributed by atoms with Gasteiger partial charge >= 0.3 is 5.97 Å². The fraction of sp³-hybridized carbons (Fsp3) is 0.222. The molecule has 0 amide bonds. The molecule has 0 atom stereocenters. The van der Waals surface area contributed by atoms with Gasteiger partial charge in [-0.1, -0.05) is 30.4 Å². The summed E-state index contributed by atoms with van der Waals surface area (Å²) in [6.07, 6.45) is 2.10. The van der Waals surface area contributed by atoms with Crippen LogP contribution in [-0.2, 0) is 16.0 Å². The quantitative estimate of drug-likeness (QED) is 0.210. The molecule has 6 heteroatoms. The maximum absolute atomic E-state index is 13.5. The van der Waals surface area contributed by atoms with E-state index in [9.17, 15) is 9.59 Å². The lowest BCUT2D eigenvalue weighted by Crippen LogP contribution is -2.19. The SMILES string of the molecule is C=C(C)Cc1c(OCC(=O)OC(C)C)ccc2c1c1ccnc3c4ccccc4c(=O)n2c13. The third kappa shape index (κ3) is 3.39. The summed E-state index contributed by atoms with van der Waals surface area (Å²) in [5.41, 5.74) is 4.10. The van der Waals surface area contributed by atoms with Crippen LogP contribution in [0.2, 0.25) is 0 Å². The molecule has 0 aliphatic heterocycles. The molecule has 5 rings (SSSR count). The highest BCUT2D eigenvalue weighted by molar-refractivity contribution is 6.19. The molecule has 3 heterocycles. The Morgan fingerprint density at radius 2 is 1.85 bits per heavy atom. The Morgan fingerprint density at radius 1 is 1.09 bits per heavy atom. The Labute approximate surface area is 190 Å². The van der Waals surface area contributed by atoms with Gasteiger partial charge in [-0.2, -0.15) is 0 Å². The van der Waals surface area contributed by atoms with E-state index in [1.807, 2.05) is 49.4 Å². The fourth-order valence-electron chi connectivity index (χ4n) is 4.56. The van der Waals surface area contributed by atoms with E-state index < -0.39 is 5.97 Å². The number of hydrogen-bond acceptors (Lipinski definition) is 5. The second-order valence-corrected chi connectivity index (χ2v) is 8.64. The van der Waals surface area contributed by atoms with Crippen molar-refractivity contribution in [3.8, 4) is 5.75 Å². The molecule has 0 N–H and O–H groups in total. The molecule has 33 heavy (non-hydrogen) atoms. The summed E-state index contributed by atoms with van der Waals surface area (Å²) in [4.78, 5) is 30.2. The van der Waals surface area contributed by atoms with Crippen molar-refractivity contribution in [1.82, 2.24) is 9.38 Å². The van der Waals surface area contributed by atoms with Crippen molar-refractivity contribution in [2.24, 2.45) is 0 Å². The molecule has 0 unspecified atom stereocenters. The molecule has 6 nitrogen and oxygen atoms in total. The Bertz CT molecular complexity index is 1610. The Balaban J connectivity index is 1.82. The third-order valence-electron chi connectivity index (χ3n) is 5.71. The molecule has 0 radical (unpaired) electrons. The number of esters is 1. The molecule has 0 aliphatic rings. The van der Waals surface area contributed by atoms with Crippen LogP contribution in [-0.4, -0.2) is 28.1 Å². The molecular weight excluding hydrogens is 416 g/mol. The summed E-state index contributed by atoms with van der Waals surface area (Å²) in [5.74, 6) is 0.150. The van der Waals surface area contributed by atoms with Gasteiger partial charge in [-0.3, -0.25) is 14.2 Å². The smallest absolute Gasteiger partial charge is 0.344 e. The van der Waals surface area contributed by atoms with E-state index >= 15 is 0 Å². The number of carbonyl (C=O) groups is 1. The van der Waals surface area contributed by atoms with Gasteiger partial charge in [0, 0.05) is 33.3 Å². The van der Waals surface area contributed by atoms with Crippen LogP contribution in [0, 0.1) is 0 Å². The first-order valence-electron chi connectivity index (χ1n) is 10.9. The first kappa shape index (κ1) is 20.9. The lowest BCUT2D eigenvalue weighted by Gasteiger charge is -2.14. The van der Waals surface area contributed by atoms with Crippen molar-refractivity contribution in [1.29, 1.82) is 0 Å². The number of pyridine rings is 2. The van der Waals surface area contributed by atoms with Gasteiger partial charge in [0.15, 0.2) is 6.61 Å². The minimum Gasteiger partial charge on any atom is -0.482 e. The molecule has 5 aromatic rings.